The molecule has 0 aromatic heterocycles. The van der Waals surface area contributed by atoms with E-state index in [0.717, 1.165) is 32.6 Å². The highest BCUT2D eigenvalue weighted by molar-refractivity contribution is 5.75. The van der Waals surface area contributed by atoms with Crippen LogP contribution in [0.4, 0.5) is 0 Å². The maximum atomic E-state index is 11.7. The fraction of sp³-hybridized carbons (Fsp3) is 0.929. The van der Waals surface area contributed by atoms with Crippen LogP contribution in [0, 0.1) is 0 Å². The van der Waals surface area contributed by atoms with Gasteiger partial charge in [-0.1, -0.05) is 6.92 Å². The third kappa shape index (κ3) is 5.09. The Bertz CT molecular complexity index is 273. The average molecular weight is 271 g/mol. The third-order valence-electron chi connectivity index (χ3n) is 3.99. The molecule has 0 amide bonds. The van der Waals surface area contributed by atoms with Crippen LogP contribution >= 0.6 is 0 Å². The van der Waals surface area contributed by atoms with Crippen LogP contribution in [0.25, 0.3) is 0 Å². The Balaban J connectivity index is 2.36. The molecule has 2 atom stereocenters. The molecule has 1 heterocycles. The Morgan fingerprint density at radius 3 is 2.74 bits per heavy atom. The van der Waals surface area contributed by atoms with Gasteiger partial charge in [0.25, 0.3) is 0 Å². The first-order valence-electron chi connectivity index (χ1n) is 7.38. The van der Waals surface area contributed by atoms with Gasteiger partial charge in [0, 0.05) is 32.2 Å². The van der Waals surface area contributed by atoms with Crippen molar-refractivity contribution < 1.29 is 9.53 Å². The SMILES string of the molecule is CCOC(=O)C(CCN1CCN(C)C(CC)C1)NC. The molecule has 1 fully saturated rings. The summed E-state index contributed by atoms with van der Waals surface area (Å²) in [5.74, 6) is -0.133. The normalized spacial score (nSPS) is 23.3. The highest BCUT2D eigenvalue weighted by atomic mass is 16.5. The molecule has 5 heteroatoms. The summed E-state index contributed by atoms with van der Waals surface area (Å²) < 4.78 is 5.07. The smallest absolute Gasteiger partial charge is 0.323 e. The first-order valence-corrected chi connectivity index (χ1v) is 7.38. The minimum Gasteiger partial charge on any atom is -0.465 e. The van der Waals surface area contributed by atoms with E-state index < -0.39 is 0 Å². The third-order valence-corrected chi connectivity index (χ3v) is 3.99. The molecule has 2 unspecified atom stereocenters. The summed E-state index contributed by atoms with van der Waals surface area (Å²) in [5, 5.41) is 3.05. The van der Waals surface area contributed by atoms with E-state index in [4.69, 9.17) is 4.74 Å². The molecule has 1 saturated heterocycles. The Morgan fingerprint density at radius 1 is 1.42 bits per heavy atom. The number of nitrogens with one attached hydrogen (secondary N) is 1. The number of hydrogen-bond acceptors (Lipinski definition) is 5. The number of piperazine rings is 1. The van der Waals surface area contributed by atoms with Crippen molar-refractivity contribution in [1.29, 1.82) is 0 Å². The van der Waals surface area contributed by atoms with Crippen molar-refractivity contribution in [2.75, 3.05) is 46.9 Å². The topological polar surface area (TPSA) is 44.8 Å². The average Bonchev–Trinajstić information content (AvgIpc) is 2.41. The summed E-state index contributed by atoms with van der Waals surface area (Å²) in [7, 11) is 4.01. The Morgan fingerprint density at radius 2 is 2.16 bits per heavy atom. The summed E-state index contributed by atoms with van der Waals surface area (Å²) in [5.41, 5.74) is 0. The van der Waals surface area contributed by atoms with Crippen molar-refractivity contribution in [2.24, 2.45) is 0 Å². The van der Waals surface area contributed by atoms with Gasteiger partial charge in [-0.2, -0.15) is 0 Å². The summed E-state index contributed by atoms with van der Waals surface area (Å²) >= 11 is 0. The number of hydrogen-bond donors (Lipinski definition) is 1. The highest BCUT2D eigenvalue weighted by Crippen LogP contribution is 2.11. The van der Waals surface area contributed by atoms with Crippen molar-refractivity contribution >= 4 is 5.97 Å². The predicted octanol–water partition coefficient (Wildman–Crippen LogP) is 0.554. The minimum absolute atomic E-state index is 0.133. The van der Waals surface area contributed by atoms with E-state index in [1.54, 1.807) is 0 Å². The zero-order chi connectivity index (χ0) is 14.3. The van der Waals surface area contributed by atoms with E-state index in [0.29, 0.717) is 12.6 Å². The van der Waals surface area contributed by atoms with Crippen molar-refractivity contribution in [1.82, 2.24) is 15.1 Å². The number of rotatable bonds is 7. The molecule has 0 radical (unpaired) electrons. The lowest BCUT2D eigenvalue weighted by Gasteiger charge is -2.39. The van der Waals surface area contributed by atoms with Crippen LogP contribution in [0.1, 0.15) is 26.7 Å². The van der Waals surface area contributed by atoms with Crippen LogP contribution in [0.15, 0.2) is 0 Å². The molecule has 0 aliphatic carbocycles. The standard InChI is InChI=1S/C14H29N3O2/c1-5-12-11-17(10-9-16(12)4)8-7-13(15-3)14(18)19-6-2/h12-13,15H,5-11H2,1-4H3. The Labute approximate surface area is 117 Å². The molecule has 1 aliphatic heterocycles. The number of esters is 1. The van der Waals surface area contributed by atoms with Gasteiger partial charge in [0.15, 0.2) is 0 Å². The molecule has 1 N–H and O–H groups in total. The Kier molecular flexibility index (Phi) is 7.34. The largest absolute Gasteiger partial charge is 0.465 e. The Hall–Kier alpha value is -0.650. The molecule has 0 spiro atoms. The summed E-state index contributed by atoms with van der Waals surface area (Å²) in [6, 6.07) is 0.462. The van der Waals surface area contributed by atoms with E-state index in [2.05, 4.69) is 29.1 Å². The lowest BCUT2D eigenvalue weighted by atomic mass is 10.1. The van der Waals surface area contributed by atoms with Crippen molar-refractivity contribution in [3.05, 3.63) is 0 Å². The zero-order valence-corrected chi connectivity index (χ0v) is 12.8. The van der Waals surface area contributed by atoms with Crippen LogP contribution in [0.3, 0.4) is 0 Å². The number of ether oxygens (including phenoxy) is 1. The second-order valence-electron chi connectivity index (χ2n) is 5.23. The number of likely N-dealkylation sites (N-methyl/N-ethyl adjacent to an activating group) is 2. The van der Waals surface area contributed by atoms with Gasteiger partial charge in [-0.25, -0.2) is 0 Å². The maximum Gasteiger partial charge on any atom is 0.323 e. The van der Waals surface area contributed by atoms with Gasteiger partial charge in [-0.05, 0) is 33.9 Å². The molecule has 1 aliphatic rings. The molecule has 5 nitrogen and oxygen atoms in total. The van der Waals surface area contributed by atoms with Crippen LogP contribution in [-0.4, -0.2) is 74.7 Å². The monoisotopic (exact) mass is 271 g/mol. The lowest BCUT2D eigenvalue weighted by Crippen LogP contribution is -2.52. The van der Waals surface area contributed by atoms with Gasteiger partial charge in [-0.3, -0.25) is 4.79 Å². The molecular weight excluding hydrogens is 242 g/mol. The minimum atomic E-state index is -0.181. The van der Waals surface area contributed by atoms with Crippen molar-refractivity contribution in [2.45, 2.75) is 38.8 Å². The maximum absolute atomic E-state index is 11.7. The van der Waals surface area contributed by atoms with Crippen LogP contribution < -0.4 is 5.32 Å². The van der Waals surface area contributed by atoms with Gasteiger partial charge >= 0.3 is 5.97 Å². The van der Waals surface area contributed by atoms with E-state index in [9.17, 15) is 4.79 Å². The molecule has 19 heavy (non-hydrogen) atoms. The van der Waals surface area contributed by atoms with Gasteiger partial charge in [0.05, 0.1) is 6.61 Å². The summed E-state index contributed by atoms with van der Waals surface area (Å²) in [6.07, 6.45) is 2.00. The van der Waals surface area contributed by atoms with E-state index in [1.807, 2.05) is 14.0 Å². The van der Waals surface area contributed by atoms with E-state index in [-0.39, 0.29) is 12.0 Å². The fourth-order valence-corrected chi connectivity index (χ4v) is 2.59. The van der Waals surface area contributed by atoms with Crippen LogP contribution in [-0.2, 0) is 9.53 Å². The number of nitrogens with zero attached hydrogens (tertiary/aromatic N) is 2. The summed E-state index contributed by atoms with van der Waals surface area (Å²) in [6.45, 7) is 8.79. The molecule has 0 bridgehead atoms. The highest BCUT2D eigenvalue weighted by Gasteiger charge is 2.24. The van der Waals surface area contributed by atoms with Crippen LogP contribution in [0.2, 0.25) is 0 Å². The first kappa shape index (κ1) is 16.4. The molecule has 112 valence electrons. The second kappa shape index (κ2) is 8.51. The second-order valence-corrected chi connectivity index (χ2v) is 5.23. The van der Waals surface area contributed by atoms with E-state index in [1.165, 1.54) is 6.42 Å². The molecule has 0 saturated carbocycles. The van der Waals surface area contributed by atoms with Crippen LogP contribution in [0.5, 0.6) is 0 Å². The van der Waals surface area contributed by atoms with E-state index >= 15 is 0 Å². The van der Waals surface area contributed by atoms with Gasteiger partial charge < -0.3 is 19.9 Å². The zero-order valence-electron chi connectivity index (χ0n) is 12.8. The molecule has 0 aromatic rings. The molecule has 0 aromatic carbocycles. The van der Waals surface area contributed by atoms with Gasteiger partial charge in [0.2, 0.25) is 0 Å². The first-order chi connectivity index (χ1) is 9.12. The lowest BCUT2D eigenvalue weighted by molar-refractivity contribution is -0.145. The number of carbonyl (C=O) groups is 1. The van der Waals surface area contributed by atoms with Gasteiger partial charge in [-0.15, -0.1) is 0 Å². The quantitative estimate of drug-likeness (QED) is 0.685. The molecular formula is C14H29N3O2. The van der Waals surface area contributed by atoms with Gasteiger partial charge in [0.1, 0.15) is 6.04 Å². The molecule has 1 rings (SSSR count). The summed E-state index contributed by atoms with van der Waals surface area (Å²) in [4.78, 5) is 16.6. The number of carbonyl (C=O) groups excluding carboxylic acids is 1. The fourth-order valence-electron chi connectivity index (χ4n) is 2.59. The van der Waals surface area contributed by atoms with Crippen molar-refractivity contribution in [3.63, 3.8) is 0 Å². The van der Waals surface area contributed by atoms with Crippen molar-refractivity contribution in [3.8, 4) is 0 Å². The predicted molar refractivity (Wildman–Crippen MR) is 77.2 cm³/mol.